The van der Waals surface area contributed by atoms with Gasteiger partial charge in [0.2, 0.25) is 0 Å². The topological polar surface area (TPSA) is 43.1 Å². The van der Waals surface area contributed by atoms with Gasteiger partial charge in [-0.3, -0.25) is 4.79 Å². The lowest BCUT2D eigenvalue weighted by Gasteiger charge is -2.28. The molecule has 0 bridgehead atoms. The zero-order valence-electron chi connectivity index (χ0n) is 13.3. The molecule has 1 fully saturated rings. The Bertz CT molecular complexity index is 434. The van der Waals surface area contributed by atoms with Gasteiger partial charge in [-0.25, -0.2) is 0 Å². The van der Waals surface area contributed by atoms with Crippen LogP contribution in [-0.4, -0.2) is 11.8 Å². The monoisotopic (exact) mass is 287 g/mol. The molecule has 1 saturated carbocycles. The van der Waals surface area contributed by atoms with Gasteiger partial charge in [-0.15, -0.1) is 0 Å². The third-order valence-corrected chi connectivity index (χ3v) is 4.96. The number of benzene rings is 1. The summed E-state index contributed by atoms with van der Waals surface area (Å²) < 4.78 is 0. The fourth-order valence-electron chi connectivity index (χ4n) is 3.74. The van der Waals surface area contributed by atoms with Gasteiger partial charge in [0.15, 0.2) is 0 Å². The molecule has 1 aromatic rings. The second kappa shape index (κ2) is 7.74. The van der Waals surface area contributed by atoms with E-state index in [-0.39, 0.29) is 11.5 Å². The fraction of sp³-hybridized carbons (Fsp3) is 0.632. The van der Waals surface area contributed by atoms with Crippen molar-refractivity contribution >= 4 is 5.78 Å². The summed E-state index contributed by atoms with van der Waals surface area (Å²) in [6.07, 6.45) is 9.20. The smallest absolute Gasteiger partial charge is 0.143 e. The molecule has 0 radical (unpaired) electrons. The van der Waals surface area contributed by atoms with Crippen molar-refractivity contribution in [2.45, 2.75) is 76.2 Å². The number of Topliss-reactive ketones (excluding diaryl/α,β-unsaturated/α-hetero) is 1. The van der Waals surface area contributed by atoms with Gasteiger partial charge in [0, 0.05) is 12.5 Å². The maximum atomic E-state index is 12.9. The van der Waals surface area contributed by atoms with E-state index in [0.717, 1.165) is 38.5 Å². The highest BCUT2D eigenvalue weighted by Crippen LogP contribution is 2.42. The van der Waals surface area contributed by atoms with Crippen LogP contribution in [-0.2, 0) is 10.2 Å². The highest BCUT2D eigenvalue weighted by atomic mass is 16.1. The van der Waals surface area contributed by atoms with Crippen molar-refractivity contribution in [3.05, 3.63) is 35.9 Å². The molecule has 2 nitrogen and oxygen atoms in total. The van der Waals surface area contributed by atoms with Crippen molar-refractivity contribution in [1.29, 1.82) is 0 Å². The lowest BCUT2D eigenvalue weighted by Crippen LogP contribution is -2.33. The first-order chi connectivity index (χ1) is 10.2. The van der Waals surface area contributed by atoms with Crippen LogP contribution in [0.1, 0.15) is 70.3 Å². The summed E-state index contributed by atoms with van der Waals surface area (Å²) in [5.74, 6) is 0.440. The van der Waals surface area contributed by atoms with Crippen LogP contribution in [0.5, 0.6) is 0 Å². The minimum absolute atomic E-state index is 0.198. The van der Waals surface area contributed by atoms with E-state index in [1.807, 2.05) is 6.07 Å². The Labute approximate surface area is 129 Å². The number of carbonyl (C=O) groups excluding carboxylic acids is 1. The van der Waals surface area contributed by atoms with E-state index < -0.39 is 0 Å². The molecule has 0 spiro atoms. The van der Waals surface area contributed by atoms with Gasteiger partial charge in [-0.05, 0) is 37.7 Å². The maximum absolute atomic E-state index is 12.9. The summed E-state index contributed by atoms with van der Waals surface area (Å²) in [6, 6.07) is 10.7. The molecule has 0 amide bonds. The predicted octanol–water partition coefficient (Wildman–Crippen LogP) is 4.37. The number of rotatable bonds is 8. The summed E-state index contributed by atoms with van der Waals surface area (Å²) in [7, 11) is 0. The molecular formula is C19H29NO. The summed E-state index contributed by atoms with van der Waals surface area (Å²) >= 11 is 0. The van der Waals surface area contributed by atoms with Crippen LogP contribution in [0.25, 0.3) is 0 Å². The Morgan fingerprint density at radius 3 is 2.48 bits per heavy atom. The molecule has 21 heavy (non-hydrogen) atoms. The largest absolute Gasteiger partial charge is 0.328 e. The lowest BCUT2D eigenvalue weighted by molar-refractivity contribution is -0.124. The van der Waals surface area contributed by atoms with E-state index in [2.05, 4.69) is 31.2 Å². The SMILES string of the molecule is CCCC(N)CCCC(=O)C1(c2ccccc2)CCCC1. The van der Waals surface area contributed by atoms with Gasteiger partial charge in [0.1, 0.15) is 5.78 Å². The first kappa shape index (κ1) is 16.2. The number of ketones is 1. The summed E-state index contributed by atoms with van der Waals surface area (Å²) in [4.78, 5) is 12.9. The first-order valence-corrected chi connectivity index (χ1v) is 8.53. The van der Waals surface area contributed by atoms with Crippen LogP contribution in [0, 0.1) is 0 Å². The van der Waals surface area contributed by atoms with Gasteiger partial charge in [0.05, 0.1) is 5.41 Å². The van der Waals surface area contributed by atoms with Crippen molar-refractivity contribution in [1.82, 2.24) is 0 Å². The van der Waals surface area contributed by atoms with Gasteiger partial charge in [-0.2, -0.15) is 0 Å². The van der Waals surface area contributed by atoms with Crippen molar-refractivity contribution in [3.63, 3.8) is 0 Å². The minimum atomic E-state index is -0.198. The van der Waals surface area contributed by atoms with Crippen LogP contribution in [0.15, 0.2) is 30.3 Å². The molecule has 1 aliphatic carbocycles. The van der Waals surface area contributed by atoms with E-state index in [1.165, 1.54) is 18.4 Å². The number of carbonyl (C=O) groups is 1. The fourth-order valence-corrected chi connectivity index (χ4v) is 3.74. The number of hydrogen-bond acceptors (Lipinski definition) is 2. The van der Waals surface area contributed by atoms with Crippen LogP contribution in [0.2, 0.25) is 0 Å². The highest BCUT2D eigenvalue weighted by Gasteiger charge is 2.41. The van der Waals surface area contributed by atoms with Crippen molar-refractivity contribution in [2.75, 3.05) is 0 Å². The van der Waals surface area contributed by atoms with Gasteiger partial charge < -0.3 is 5.73 Å². The standard InChI is InChI=1S/C19H29NO/c1-2-9-17(20)12-8-13-18(21)19(14-6-7-15-19)16-10-4-3-5-11-16/h3-5,10-11,17H,2,6-9,12-15,20H2,1H3. The third-order valence-electron chi connectivity index (χ3n) is 4.96. The minimum Gasteiger partial charge on any atom is -0.328 e. The van der Waals surface area contributed by atoms with Crippen molar-refractivity contribution in [3.8, 4) is 0 Å². The van der Waals surface area contributed by atoms with E-state index in [4.69, 9.17) is 5.73 Å². The molecule has 1 aromatic carbocycles. The molecule has 1 atom stereocenters. The van der Waals surface area contributed by atoms with Crippen molar-refractivity contribution in [2.24, 2.45) is 5.73 Å². The van der Waals surface area contributed by atoms with Crippen molar-refractivity contribution < 1.29 is 4.79 Å². The summed E-state index contributed by atoms with van der Waals surface area (Å²) in [5, 5.41) is 0. The molecule has 2 N–H and O–H groups in total. The first-order valence-electron chi connectivity index (χ1n) is 8.53. The molecule has 1 unspecified atom stereocenters. The van der Waals surface area contributed by atoms with E-state index in [0.29, 0.717) is 12.2 Å². The molecule has 116 valence electrons. The zero-order chi connectivity index (χ0) is 15.1. The molecule has 1 aliphatic rings. The van der Waals surface area contributed by atoms with E-state index in [9.17, 15) is 4.79 Å². The maximum Gasteiger partial charge on any atom is 0.143 e. The number of hydrogen-bond donors (Lipinski definition) is 1. The average molecular weight is 287 g/mol. The van der Waals surface area contributed by atoms with Gasteiger partial charge >= 0.3 is 0 Å². The Morgan fingerprint density at radius 1 is 1.19 bits per heavy atom. The molecule has 0 aromatic heterocycles. The molecule has 2 rings (SSSR count). The predicted molar refractivity (Wildman–Crippen MR) is 88.3 cm³/mol. The third kappa shape index (κ3) is 3.94. The van der Waals surface area contributed by atoms with Crippen LogP contribution < -0.4 is 5.73 Å². The Hall–Kier alpha value is -1.15. The average Bonchev–Trinajstić information content (AvgIpc) is 2.99. The van der Waals surface area contributed by atoms with Gasteiger partial charge in [0.25, 0.3) is 0 Å². The van der Waals surface area contributed by atoms with Crippen LogP contribution in [0.3, 0.4) is 0 Å². The molecule has 0 heterocycles. The highest BCUT2D eigenvalue weighted by molar-refractivity contribution is 5.90. The molecular weight excluding hydrogens is 258 g/mol. The normalized spacial score (nSPS) is 18.6. The Kier molecular flexibility index (Phi) is 5.98. The second-order valence-corrected chi connectivity index (χ2v) is 6.52. The molecule has 0 aliphatic heterocycles. The second-order valence-electron chi connectivity index (χ2n) is 6.52. The van der Waals surface area contributed by atoms with Crippen LogP contribution in [0.4, 0.5) is 0 Å². The molecule has 0 saturated heterocycles. The Morgan fingerprint density at radius 2 is 1.86 bits per heavy atom. The zero-order valence-corrected chi connectivity index (χ0v) is 13.3. The Balaban J connectivity index is 1.97. The molecule has 2 heteroatoms. The summed E-state index contributed by atoms with van der Waals surface area (Å²) in [6.45, 7) is 2.16. The van der Waals surface area contributed by atoms with Gasteiger partial charge in [-0.1, -0.05) is 56.5 Å². The number of nitrogens with two attached hydrogens (primary N) is 1. The van der Waals surface area contributed by atoms with Crippen LogP contribution >= 0.6 is 0 Å². The summed E-state index contributed by atoms with van der Waals surface area (Å²) in [5.41, 5.74) is 7.09. The lowest BCUT2D eigenvalue weighted by atomic mass is 9.74. The quantitative estimate of drug-likeness (QED) is 0.771. The van der Waals surface area contributed by atoms with E-state index in [1.54, 1.807) is 0 Å². The van der Waals surface area contributed by atoms with E-state index >= 15 is 0 Å².